The number of rotatable bonds is 7. The molecule has 1 N–H and O–H groups in total. The molecule has 4 nitrogen and oxygen atoms in total. The van der Waals surface area contributed by atoms with Crippen LogP contribution in [0.5, 0.6) is 0 Å². The van der Waals surface area contributed by atoms with E-state index in [1.54, 1.807) is 60.7 Å². The molecule has 0 aromatic heterocycles. The predicted molar refractivity (Wildman–Crippen MR) is 107 cm³/mol. The van der Waals surface area contributed by atoms with Gasteiger partial charge >= 0.3 is 6.18 Å². The highest BCUT2D eigenvalue weighted by molar-refractivity contribution is 5.89. The molecule has 2 aromatic rings. The number of hydrogen-bond donors (Lipinski definition) is 1. The number of hydrogen-bond acceptors (Lipinski definition) is 2. The number of likely N-dealkylation sites (tertiary alicyclic amines) is 1. The lowest BCUT2D eigenvalue weighted by molar-refractivity contribution is -0.165. The van der Waals surface area contributed by atoms with Gasteiger partial charge in [-0.2, -0.15) is 13.2 Å². The van der Waals surface area contributed by atoms with Gasteiger partial charge in [-0.25, -0.2) is 0 Å². The maximum atomic E-state index is 13.7. The van der Waals surface area contributed by atoms with Crippen LogP contribution in [0, 0.1) is 0 Å². The summed E-state index contributed by atoms with van der Waals surface area (Å²) in [4.78, 5) is 26.9. The number of carbonyl (C=O) groups excluding carboxylic acids is 2. The standard InChI is InChI=1S/C23H25F3N2O2/c24-23(25,26)19(15-14-17-9-3-1-4-10-17)27-22(30)21(18-11-5-2-6-12-18)28-16-8-7-13-20(28)29/h1-6,9-12,19,21H,7-8,13-16H2,(H,27,30). The normalized spacial score (nSPS) is 16.8. The Kier molecular flexibility index (Phi) is 7.13. The van der Waals surface area contributed by atoms with Gasteiger partial charge in [-0.15, -0.1) is 0 Å². The zero-order chi connectivity index (χ0) is 21.6. The largest absolute Gasteiger partial charge is 0.408 e. The SMILES string of the molecule is O=C(NC(CCc1ccccc1)C(F)(F)F)C(c1ccccc1)N1CCCCC1=O. The topological polar surface area (TPSA) is 49.4 Å². The minimum absolute atomic E-state index is 0.184. The minimum Gasteiger partial charge on any atom is -0.342 e. The summed E-state index contributed by atoms with van der Waals surface area (Å²) in [5.41, 5.74) is 1.28. The van der Waals surface area contributed by atoms with Crippen molar-refractivity contribution in [2.24, 2.45) is 0 Å². The van der Waals surface area contributed by atoms with Gasteiger partial charge in [-0.05, 0) is 36.8 Å². The van der Waals surface area contributed by atoms with Gasteiger partial charge in [-0.1, -0.05) is 60.7 Å². The number of nitrogens with one attached hydrogen (secondary N) is 1. The predicted octanol–water partition coefficient (Wildman–Crippen LogP) is 4.42. The van der Waals surface area contributed by atoms with Crippen LogP contribution in [0.1, 0.15) is 42.9 Å². The lowest BCUT2D eigenvalue weighted by atomic mass is 9.99. The zero-order valence-electron chi connectivity index (χ0n) is 16.6. The molecule has 2 amide bonds. The second-order valence-electron chi connectivity index (χ2n) is 7.48. The third kappa shape index (κ3) is 5.62. The van der Waals surface area contributed by atoms with Crippen molar-refractivity contribution >= 4 is 11.8 Å². The molecule has 1 heterocycles. The van der Waals surface area contributed by atoms with Crippen molar-refractivity contribution in [3.63, 3.8) is 0 Å². The van der Waals surface area contributed by atoms with Crippen LogP contribution in [-0.2, 0) is 16.0 Å². The second-order valence-corrected chi connectivity index (χ2v) is 7.48. The third-order valence-electron chi connectivity index (χ3n) is 5.31. The number of nitrogens with zero attached hydrogens (tertiary/aromatic N) is 1. The van der Waals surface area contributed by atoms with Crippen LogP contribution in [0.3, 0.4) is 0 Å². The van der Waals surface area contributed by atoms with Gasteiger partial charge in [0.05, 0.1) is 0 Å². The van der Waals surface area contributed by atoms with Crippen LogP contribution in [-0.4, -0.2) is 35.5 Å². The molecule has 0 spiro atoms. The number of halogens is 3. The van der Waals surface area contributed by atoms with E-state index in [0.29, 0.717) is 18.5 Å². The molecule has 1 fully saturated rings. The molecular formula is C23H25F3N2O2. The fraction of sp³-hybridized carbons (Fsp3) is 0.391. The summed E-state index contributed by atoms with van der Waals surface area (Å²) >= 11 is 0. The van der Waals surface area contributed by atoms with Crippen LogP contribution in [0.15, 0.2) is 60.7 Å². The van der Waals surface area contributed by atoms with E-state index in [-0.39, 0.29) is 18.7 Å². The fourth-order valence-corrected chi connectivity index (χ4v) is 3.73. The summed E-state index contributed by atoms with van der Waals surface area (Å²) in [7, 11) is 0. The van der Waals surface area contributed by atoms with Crippen LogP contribution in [0.4, 0.5) is 13.2 Å². The smallest absolute Gasteiger partial charge is 0.342 e. The maximum absolute atomic E-state index is 13.7. The highest BCUT2D eigenvalue weighted by Gasteiger charge is 2.42. The summed E-state index contributed by atoms with van der Waals surface area (Å²) in [5, 5.41) is 2.19. The monoisotopic (exact) mass is 418 g/mol. The van der Waals surface area contributed by atoms with Gasteiger partial charge in [0.2, 0.25) is 11.8 Å². The molecule has 1 aliphatic heterocycles. The molecule has 0 radical (unpaired) electrons. The van der Waals surface area contributed by atoms with Crippen molar-refractivity contribution < 1.29 is 22.8 Å². The van der Waals surface area contributed by atoms with Crippen molar-refractivity contribution in [3.8, 4) is 0 Å². The molecule has 2 unspecified atom stereocenters. The van der Waals surface area contributed by atoms with E-state index in [9.17, 15) is 22.8 Å². The lowest BCUT2D eigenvalue weighted by Crippen LogP contribution is -2.52. The molecule has 160 valence electrons. The molecular weight excluding hydrogens is 393 g/mol. The van der Waals surface area contributed by atoms with Gasteiger partial charge in [0.15, 0.2) is 0 Å². The van der Waals surface area contributed by atoms with Gasteiger partial charge < -0.3 is 10.2 Å². The number of amides is 2. The highest BCUT2D eigenvalue weighted by Crippen LogP contribution is 2.29. The van der Waals surface area contributed by atoms with Crippen molar-refractivity contribution in [1.82, 2.24) is 10.2 Å². The molecule has 0 saturated carbocycles. The quantitative estimate of drug-likeness (QED) is 0.724. The van der Waals surface area contributed by atoms with Gasteiger partial charge in [0, 0.05) is 13.0 Å². The van der Waals surface area contributed by atoms with E-state index in [4.69, 9.17) is 0 Å². The first-order chi connectivity index (χ1) is 14.4. The van der Waals surface area contributed by atoms with Crippen LogP contribution >= 0.6 is 0 Å². The molecule has 2 atom stereocenters. The Bertz CT molecular complexity index is 841. The van der Waals surface area contributed by atoms with Gasteiger partial charge in [-0.3, -0.25) is 9.59 Å². The molecule has 30 heavy (non-hydrogen) atoms. The van der Waals surface area contributed by atoms with E-state index in [2.05, 4.69) is 5.32 Å². The summed E-state index contributed by atoms with van der Waals surface area (Å²) < 4.78 is 41.0. The van der Waals surface area contributed by atoms with E-state index >= 15 is 0 Å². The second kappa shape index (κ2) is 9.78. The minimum atomic E-state index is -4.59. The van der Waals surface area contributed by atoms with Crippen molar-refractivity contribution in [2.45, 2.75) is 50.4 Å². The van der Waals surface area contributed by atoms with Gasteiger partial charge in [0.25, 0.3) is 0 Å². The Morgan fingerprint density at radius 1 is 1.00 bits per heavy atom. The summed E-state index contributed by atoms with van der Waals surface area (Å²) in [5.74, 6) is -1.01. The Hall–Kier alpha value is -2.83. The molecule has 0 bridgehead atoms. The fourth-order valence-electron chi connectivity index (χ4n) is 3.73. The molecule has 2 aromatic carbocycles. The number of benzene rings is 2. The average Bonchev–Trinajstić information content (AvgIpc) is 2.73. The van der Waals surface area contributed by atoms with Crippen LogP contribution < -0.4 is 5.32 Å². The maximum Gasteiger partial charge on any atom is 0.408 e. The van der Waals surface area contributed by atoms with Crippen LogP contribution in [0.25, 0.3) is 0 Å². The van der Waals surface area contributed by atoms with Crippen molar-refractivity contribution in [1.29, 1.82) is 0 Å². The molecule has 7 heteroatoms. The number of aryl methyl sites for hydroxylation is 1. The first kappa shape index (κ1) is 21.9. The summed E-state index contributed by atoms with van der Waals surface area (Å²) in [6.45, 7) is 0.354. The Balaban J connectivity index is 1.80. The van der Waals surface area contributed by atoms with Gasteiger partial charge in [0.1, 0.15) is 12.1 Å². The summed E-state index contributed by atoms with van der Waals surface area (Å²) in [6, 6.07) is 14.3. The molecule has 0 aliphatic carbocycles. The number of piperidine rings is 1. The highest BCUT2D eigenvalue weighted by atomic mass is 19.4. The van der Waals surface area contributed by atoms with E-state index in [1.165, 1.54) is 4.90 Å². The van der Waals surface area contributed by atoms with E-state index in [0.717, 1.165) is 18.4 Å². The average molecular weight is 418 g/mol. The van der Waals surface area contributed by atoms with Crippen molar-refractivity contribution in [3.05, 3.63) is 71.8 Å². The molecule has 1 aliphatic rings. The number of alkyl halides is 3. The van der Waals surface area contributed by atoms with E-state index in [1.807, 2.05) is 0 Å². The molecule has 3 rings (SSSR count). The molecule has 1 saturated heterocycles. The third-order valence-corrected chi connectivity index (χ3v) is 5.31. The number of carbonyl (C=O) groups is 2. The first-order valence-electron chi connectivity index (χ1n) is 10.1. The summed E-state index contributed by atoms with van der Waals surface area (Å²) in [6.07, 6.45) is -2.93. The lowest BCUT2D eigenvalue weighted by Gasteiger charge is -2.35. The van der Waals surface area contributed by atoms with Crippen molar-refractivity contribution in [2.75, 3.05) is 6.54 Å². The van der Waals surface area contributed by atoms with Crippen LogP contribution in [0.2, 0.25) is 0 Å². The van der Waals surface area contributed by atoms with E-state index < -0.39 is 24.2 Å². The Morgan fingerprint density at radius 2 is 1.63 bits per heavy atom. The Morgan fingerprint density at radius 3 is 2.23 bits per heavy atom. The first-order valence-corrected chi connectivity index (χ1v) is 10.1. The zero-order valence-corrected chi connectivity index (χ0v) is 16.6. The Labute approximate surface area is 174 Å².